The highest BCUT2D eigenvalue weighted by molar-refractivity contribution is 7.72. The molecule has 9 heteroatoms. The number of ether oxygens (including phenoxy) is 1. The standard InChI is InChI=1S/C7H16O7P2/c1-7(8)14-4-2-3-5-15(9,10)6-16(11,12)13/h2-6H2,1H3,(H,9,10)(H2,11,12,13). The van der Waals surface area contributed by atoms with Crippen molar-refractivity contribution in [1.82, 2.24) is 0 Å². The Morgan fingerprint density at radius 2 is 1.75 bits per heavy atom. The Bertz CT molecular complexity index is 321. The number of hydrogen-bond acceptors (Lipinski definition) is 4. The van der Waals surface area contributed by atoms with E-state index in [1.54, 1.807) is 0 Å². The lowest BCUT2D eigenvalue weighted by Gasteiger charge is -2.12. The quantitative estimate of drug-likeness (QED) is 0.355. The Morgan fingerprint density at radius 1 is 1.19 bits per heavy atom. The van der Waals surface area contributed by atoms with Crippen molar-refractivity contribution in [2.75, 3.05) is 18.7 Å². The zero-order chi connectivity index (χ0) is 12.8. The minimum Gasteiger partial charge on any atom is -0.466 e. The minimum absolute atomic E-state index is 0.144. The van der Waals surface area contributed by atoms with E-state index in [0.717, 1.165) is 0 Å². The van der Waals surface area contributed by atoms with Crippen LogP contribution in [-0.2, 0) is 18.7 Å². The molecule has 96 valence electrons. The fourth-order valence-electron chi connectivity index (χ4n) is 1.04. The molecule has 0 saturated carbocycles. The summed E-state index contributed by atoms with van der Waals surface area (Å²) < 4.78 is 26.4. The van der Waals surface area contributed by atoms with Gasteiger partial charge in [0, 0.05) is 13.1 Å². The molecule has 0 fully saturated rings. The van der Waals surface area contributed by atoms with E-state index in [4.69, 9.17) is 9.79 Å². The molecule has 0 amide bonds. The van der Waals surface area contributed by atoms with Crippen LogP contribution in [0.1, 0.15) is 19.8 Å². The third kappa shape index (κ3) is 10.3. The molecule has 0 saturated heterocycles. The van der Waals surface area contributed by atoms with E-state index in [2.05, 4.69) is 4.74 Å². The zero-order valence-electron chi connectivity index (χ0n) is 8.90. The number of rotatable bonds is 7. The van der Waals surface area contributed by atoms with E-state index >= 15 is 0 Å². The molecule has 0 aromatic heterocycles. The average Bonchev–Trinajstić information content (AvgIpc) is 1.97. The van der Waals surface area contributed by atoms with Crippen LogP contribution in [0.25, 0.3) is 0 Å². The third-order valence-electron chi connectivity index (χ3n) is 1.61. The molecule has 0 aliphatic rings. The Hall–Kier alpha value is -0.190. The Balaban J connectivity index is 3.79. The molecule has 0 aliphatic heterocycles. The zero-order valence-corrected chi connectivity index (χ0v) is 10.7. The summed E-state index contributed by atoms with van der Waals surface area (Å²) in [4.78, 5) is 36.7. The van der Waals surface area contributed by atoms with Gasteiger partial charge in [-0.15, -0.1) is 0 Å². The van der Waals surface area contributed by atoms with E-state index in [-0.39, 0.29) is 19.2 Å². The van der Waals surface area contributed by atoms with Gasteiger partial charge in [-0.25, -0.2) is 0 Å². The second-order valence-corrected chi connectivity index (χ2v) is 8.02. The molecular formula is C7H16O7P2. The van der Waals surface area contributed by atoms with Gasteiger partial charge in [0.1, 0.15) is 5.90 Å². The van der Waals surface area contributed by atoms with Gasteiger partial charge in [0.25, 0.3) is 0 Å². The smallest absolute Gasteiger partial charge is 0.335 e. The normalized spacial score (nSPS) is 15.5. The molecule has 0 heterocycles. The van der Waals surface area contributed by atoms with Gasteiger partial charge in [0.05, 0.1) is 6.61 Å². The second kappa shape index (κ2) is 6.52. The Morgan fingerprint density at radius 3 is 2.19 bits per heavy atom. The highest BCUT2D eigenvalue weighted by atomic mass is 31.2. The lowest BCUT2D eigenvalue weighted by molar-refractivity contribution is -0.141. The van der Waals surface area contributed by atoms with Crippen molar-refractivity contribution in [3.8, 4) is 0 Å². The van der Waals surface area contributed by atoms with E-state index in [0.29, 0.717) is 6.42 Å². The van der Waals surface area contributed by atoms with Gasteiger partial charge in [0.2, 0.25) is 7.37 Å². The van der Waals surface area contributed by atoms with Crippen molar-refractivity contribution in [3.63, 3.8) is 0 Å². The first-order valence-electron chi connectivity index (χ1n) is 4.61. The number of esters is 1. The SMILES string of the molecule is CC(=O)OCCCCP(=O)(O)CP(=O)(O)O. The molecule has 0 spiro atoms. The van der Waals surface area contributed by atoms with E-state index in [1.165, 1.54) is 6.92 Å². The fraction of sp³-hybridized carbons (Fsp3) is 0.857. The molecule has 0 rings (SSSR count). The van der Waals surface area contributed by atoms with E-state index in [9.17, 15) is 18.8 Å². The maximum absolute atomic E-state index is 11.3. The molecule has 0 radical (unpaired) electrons. The maximum Gasteiger partial charge on any atom is 0.335 e. The van der Waals surface area contributed by atoms with Crippen LogP contribution >= 0.6 is 15.0 Å². The van der Waals surface area contributed by atoms with Crippen LogP contribution in [0.4, 0.5) is 0 Å². The summed E-state index contributed by atoms with van der Waals surface area (Å²) >= 11 is 0. The van der Waals surface area contributed by atoms with Gasteiger partial charge in [0.15, 0.2) is 0 Å². The fourth-order valence-corrected chi connectivity index (χ4v) is 4.62. The third-order valence-corrected chi connectivity index (χ3v) is 5.87. The van der Waals surface area contributed by atoms with Gasteiger partial charge >= 0.3 is 13.6 Å². The summed E-state index contributed by atoms with van der Waals surface area (Å²) in [5.74, 6) is -1.42. The van der Waals surface area contributed by atoms with Crippen molar-refractivity contribution in [1.29, 1.82) is 0 Å². The summed E-state index contributed by atoms with van der Waals surface area (Å²) in [5, 5.41) is 0. The highest BCUT2D eigenvalue weighted by Gasteiger charge is 2.28. The van der Waals surface area contributed by atoms with Gasteiger partial charge < -0.3 is 19.4 Å². The van der Waals surface area contributed by atoms with Crippen LogP contribution in [-0.4, -0.2) is 39.3 Å². The van der Waals surface area contributed by atoms with Crippen LogP contribution in [0, 0.1) is 0 Å². The highest BCUT2D eigenvalue weighted by Crippen LogP contribution is 2.54. The van der Waals surface area contributed by atoms with E-state index in [1.807, 2.05) is 0 Å². The van der Waals surface area contributed by atoms with Crippen LogP contribution in [0.3, 0.4) is 0 Å². The van der Waals surface area contributed by atoms with Gasteiger partial charge in [-0.2, -0.15) is 0 Å². The van der Waals surface area contributed by atoms with Gasteiger partial charge in [-0.05, 0) is 12.8 Å². The molecule has 1 atom stereocenters. The molecule has 7 nitrogen and oxygen atoms in total. The first-order valence-corrected chi connectivity index (χ1v) is 8.44. The summed E-state index contributed by atoms with van der Waals surface area (Å²) in [6.07, 6.45) is 0.492. The summed E-state index contributed by atoms with van der Waals surface area (Å²) in [7, 11) is -8.24. The molecule has 1 unspecified atom stereocenters. The van der Waals surface area contributed by atoms with Crippen molar-refractivity contribution in [3.05, 3.63) is 0 Å². The van der Waals surface area contributed by atoms with Gasteiger partial charge in [-0.1, -0.05) is 0 Å². The monoisotopic (exact) mass is 274 g/mol. The Kier molecular flexibility index (Phi) is 6.44. The average molecular weight is 274 g/mol. The molecule has 0 bridgehead atoms. The first-order chi connectivity index (χ1) is 7.12. The lowest BCUT2D eigenvalue weighted by atomic mass is 10.4. The molecule has 0 aromatic rings. The summed E-state index contributed by atoms with van der Waals surface area (Å²) in [6, 6.07) is 0. The summed E-state index contributed by atoms with van der Waals surface area (Å²) in [5.41, 5.74) is 0. The van der Waals surface area contributed by atoms with Crippen molar-refractivity contribution in [2.45, 2.75) is 19.8 Å². The van der Waals surface area contributed by atoms with Crippen LogP contribution in [0.5, 0.6) is 0 Å². The largest absolute Gasteiger partial charge is 0.466 e. The predicted molar refractivity (Wildman–Crippen MR) is 57.5 cm³/mol. The molecule has 0 aliphatic carbocycles. The second-order valence-electron chi connectivity index (χ2n) is 3.42. The van der Waals surface area contributed by atoms with E-state index < -0.39 is 26.8 Å². The molecule has 3 N–H and O–H groups in total. The minimum atomic E-state index is -4.46. The first kappa shape index (κ1) is 15.8. The van der Waals surface area contributed by atoms with Crippen LogP contribution in [0.2, 0.25) is 0 Å². The molecule has 0 aromatic carbocycles. The van der Waals surface area contributed by atoms with Crippen molar-refractivity contribution in [2.24, 2.45) is 0 Å². The van der Waals surface area contributed by atoms with Crippen LogP contribution in [0.15, 0.2) is 0 Å². The van der Waals surface area contributed by atoms with Crippen molar-refractivity contribution >= 4 is 20.9 Å². The van der Waals surface area contributed by atoms with Gasteiger partial charge in [-0.3, -0.25) is 13.9 Å². The number of hydrogen-bond donors (Lipinski definition) is 3. The number of unbranched alkanes of at least 4 members (excludes halogenated alkanes) is 1. The molecular weight excluding hydrogens is 258 g/mol. The van der Waals surface area contributed by atoms with Crippen LogP contribution < -0.4 is 0 Å². The number of carbonyl (C=O) groups excluding carboxylic acids is 1. The topological polar surface area (TPSA) is 121 Å². The lowest BCUT2D eigenvalue weighted by Crippen LogP contribution is -2.02. The number of carbonyl (C=O) groups is 1. The summed E-state index contributed by atoms with van der Waals surface area (Å²) in [6.45, 7) is 1.40. The van der Waals surface area contributed by atoms with Crippen molar-refractivity contribution < 1.29 is 33.3 Å². The molecule has 16 heavy (non-hydrogen) atoms. The Labute approximate surface area is 93.4 Å². The maximum atomic E-state index is 11.3. The predicted octanol–water partition coefficient (Wildman–Crippen LogP) is 0.735.